The van der Waals surface area contributed by atoms with E-state index in [1.165, 1.54) is 0 Å². The molecule has 0 aliphatic rings. The van der Waals surface area contributed by atoms with E-state index in [0.717, 1.165) is 11.1 Å². The highest BCUT2D eigenvalue weighted by Crippen LogP contribution is 2.43. The van der Waals surface area contributed by atoms with Crippen LogP contribution in [0.15, 0.2) is 67.3 Å². The Hall–Kier alpha value is -1.81. The van der Waals surface area contributed by atoms with Crippen molar-refractivity contribution in [1.29, 1.82) is 0 Å². The summed E-state index contributed by atoms with van der Waals surface area (Å²) >= 11 is 12.1. The third kappa shape index (κ3) is 3.96. The number of aromatic nitrogens is 2. The summed E-state index contributed by atoms with van der Waals surface area (Å²) in [4.78, 5) is 4.11. The van der Waals surface area contributed by atoms with E-state index in [2.05, 4.69) is 18.8 Å². The van der Waals surface area contributed by atoms with Crippen molar-refractivity contribution in [3.8, 4) is 0 Å². The molecule has 0 amide bonds. The van der Waals surface area contributed by atoms with E-state index >= 15 is 0 Å². The lowest BCUT2D eigenvalue weighted by molar-refractivity contribution is -0.0872. The second-order valence-electron chi connectivity index (χ2n) is 7.29. The van der Waals surface area contributed by atoms with E-state index < -0.39 is 11.0 Å². The highest BCUT2D eigenvalue weighted by molar-refractivity contribution is 6.30. The molecule has 0 radical (unpaired) electrons. The number of rotatable bonds is 6. The van der Waals surface area contributed by atoms with Crippen molar-refractivity contribution in [3.63, 3.8) is 0 Å². The molecule has 0 aliphatic carbocycles. The first-order valence-corrected chi connectivity index (χ1v) is 9.24. The van der Waals surface area contributed by atoms with Crippen molar-refractivity contribution in [2.24, 2.45) is 5.41 Å². The number of aliphatic hydroxyl groups is 1. The molecule has 5 heteroatoms. The lowest BCUT2D eigenvalue weighted by atomic mass is 9.67. The van der Waals surface area contributed by atoms with E-state index in [0.29, 0.717) is 23.0 Å². The summed E-state index contributed by atoms with van der Waals surface area (Å²) in [5.74, 6) is 0. The fraction of sp³-hybridized carbons (Fsp3) is 0.286. The number of hydrogen-bond acceptors (Lipinski definition) is 2. The van der Waals surface area contributed by atoms with Crippen LogP contribution in [0, 0.1) is 5.41 Å². The van der Waals surface area contributed by atoms with Crippen molar-refractivity contribution < 1.29 is 5.11 Å². The van der Waals surface area contributed by atoms with Crippen LogP contribution >= 0.6 is 23.2 Å². The van der Waals surface area contributed by atoms with Gasteiger partial charge in [-0.15, -0.1) is 0 Å². The minimum atomic E-state index is -1.11. The Bertz CT molecular complexity index is 843. The predicted octanol–water partition coefficient (Wildman–Crippen LogP) is 5.35. The molecule has 0 saturated heterocycles. The van der Waals surface area contributed by atoms with Crippen molar-refractivity contribution in [1.82, 2.24) is 9.55 Å². The number of halogens is 2. The van der Waals surface area contributed by atoms with Crippen LogP contribution in [0.25, 0.3) is 0 Å². The molecule has 3 nitrogen and oxygen atoms in total. The molecule has 0 fully saturated rings. The maximum atomic E-state index is 11.9. The van der Waals surface area contributed by atoms with Crippen LogP contribution in [0.5, 0.6) is 0 Å². The van der Waals surface area contributed by atoms with Crippen LogP contribution in [0.4, 0.5) is 0 Å². The Morgan fingerprint density at radius 1 is 0.962 bits per heavy atom. The van der Waals surface area contributed by atoms with Crippen LogP contribution in [0.2, 0.25) is 10.0 Å². The van der Waals surface area contributed by atoms with Gasteiger partial charge in [0.2, 0.25) is 0 Å². The molecule has 0 bridgehead atoms. The number of benzene rings is 2. The average Bonchev–Trinajstić information content (AvgIpc) is 3.10. The van der Waals surface area contributed by atoms with Crippen molar-refractivity contribution in [3.05, 3.63) is 88.4 Å². The van der Waals surface area contributed by atoms with Gasteiger partial charge in [-0.1, -0.05) is 61.3 Å². The minimum absolute atomic E-state index is 0.398. The van der Waals surface area contributed by atoms with Gasteiger partial charge in [-0.2, -0.15) is 0 Å². The predicted molar refractivity (Wildman–Crippen MR) is 107 cm³/mol. The standard InChI is InChI=1S/C21H22Cl2N2O/c1-20(2,13-16-3-7-18(22)8-4-16)21(26,14-25-12-11-24-15-25)17-5-9-19(23)10-6-17/h3-12,15,26H,13-14H2,1-2H3. The summed E-state index contributed by atoms with van der Waals surface area (Å²) in [7, 11) is 0. The first kappa shape index (κ1) is 19.0. The summed E-state index contributed by atoms with van der Waals surface area (Å²) < 4.78 is 1.90. The molecule has 1 N–H and O–H groups in total. The first-order valence-electron chi connectivity index (χ1n) is 8.49. The Morgan fingerprint density at radius 2 is 1.54 bits per heavy atom. The highest BCUT2D eigenvalue weighted by Gasteiger charge is 2.45. The van der Waals surface area contributed by atoms with Crippen molar-refractivity contribution in [2.45, 2.75) is 32.4 Å². The van der Waals surface area contributed by atoms with Gasteiger partial charge in [0.15, 0.2) is 0 Å². The molecule has 136 valence electrons. The quantitative estimate of drug-likeness (QED) is 0.618. The number of nitrogens with zero attached hydrogens (tertiary/aromatic N) is 2. The molecule has 2 aromatic carbocycles. The Labute approximate surface area is 164 Å². The molecule has 3 rings (SSSR count). The van der Waals surface area contributed by atoms with E-state index in [4.69, 9.17) is 23.2 Å². The zero-order valence-electron chi connectivity index (χ0n) is 14.9. The molecular weight excluding hydrogens is 367 g/mol. The van der Waals surface area contributed by atoms with E-state index in [9.17, 15) is 5.11 Å². The molecule has 0 aliphatic heterocycles. The van der Waals surface area contributed by atoms with Crippen LogP contribution in [-0.4, -0.2) is 14.7 Å². The van der Waals surface area contributed by atoms with Crippen LogP contribution in [0.3, 0.4) is 0 Å². The van der Waals surface area contributed by atoms with E-state index in [1.807, 2.05) is 59.3 Å². The summed E-state index contributed by atoms with van der Waals surface area (Å²) in [6.07, 6.45) is 5.99. The van der Waals surface area contributed by atoms with Gasteiger partial charge in [-0.3, -0.25) is 0 Å². The first-order chi connectivity index (χ1) is 12.3. The average molecular weight is 389 g/mol. The maximum Gasteiger partial charge on any atom is 0.113 e. The van der Waals surface area contributed by atoms with Crippen molar-refractivity contribution >= 4 is 23.2 Å². The topological polar surface area (TPSA) is 38.0 Å². The maximum absolute atomic E-state index is 11.9. The van der Waals surface area contributed by atoms with Crippen molar-refractivity contribution in [2.75, 3.05) is 0 Å². The van der Waals surface area contributed by atoms with Crippen LogP contribution < -0.4 is 0 Å². The molecule has 1 atom stereocenters. The molecule has 1 unspecified atom stereocenters. The summed E-state index contributed by atoms with van der Waals surface area (Å²) in [5, 5.41) is 13.2. The fourth-order valence-corrected chi connectivity index (χ4v) is 3.58. The van der Waals surface area contributed by atoms with Gasteiger partial charge in [0.1, 0.15) is 5.60 Å². The van der Waals surface area contributed by atoms with Gasteiger partial charge in [-0.05, 0) is 41.8 Å². The smallest absolute Gasteiger partial charge is 0.113 e. The van der Waals surface area contributed by atoms with Gasteiger partial charge in [-0.25, -0.2) is 4.98 Å². The molecule has 26 heavy (non-hydrogen) atoms. The Kier molecular flexibility index (Phi) is 5.42. The fourth-order valence-electron chi connectivity index (χ4n) is 3.32. The second-order valence-corrected chi connectivity index (χ2v) is 8.16. The SMILES string of the molecule is CC(C)(Cc1ccc(Cl)cc1)C(O)(Cn1ccnc1)c1ccc(Cl)cc1. The zero-order valence-corrected chi connectivity index (χ0v) is 16.4. The molecule has 1 heterocycles. The van der Waals surface area contributed by atoms with Gasteiger partial charge in [0, 0.05) is 27.9 Å². The van der Waals surface area contributed by atoms with Gasteiger partial charge >= 0.3 is 0 Å². The number of imidazole rings is 1. The third-order valence-electron chi connectivity index (χ3n) is 4.97. The lowest BCUT2D eigenvalue weighted by Gasteiger charge is -2.44. The monoisotopic (exact) mass is 388 g/mol. The number of hydrogen-bond donors (Lipinski definition) is 1. The normalized spacial score (nSPS) is 14.2. The summed E-state index contributed by atoms with van der Waals surface area (Å²) in [6.45, 7) is 4.55. The molecular formula is C21H22Cl2N2O. The van der Waals surface area contributed by atoms with E-state index in [1.54, 1.807) is 12.5 Å². The van der Waals surface area contributed by atoms with Gasteiger partial charge < -0.3 is 9.67 Å². The van der Waals surface area contributed by atoms with Crippen LogP contribution in [-0.2, 0) is 18.6 Å². The van der Waals surface area contributed by atoms with Crippen LogP contribution in [0.1, 0.15) is 25.0 Å². The van der Waals surface area contributed by atoms with Gasteiger partial charge in [0.05, 0.1) is 12.9 Å². The molecule has 1 aromatic heterocycles. The molecule has 0 spiro atoms. The zero-order chi connectivity index (χ0) is 18.8. The Morgan fingerprint density at radius 3 is 2.08 bits per heavy atom. The Balaban J connectivity index is 2.00. The van der Waals surface area contributed by atoms with E-state index in [-0.39, 0.29) is 0 Å². The summed E-state index contributed by atoms with van der Waals surface area (Å²) in [5.41, 5.74) is 0.378. The third-order valence-corrected chi connectivity index (χ3v) is 5.48. The molecule has 3 aromatic rings. The lowest BCUT2D eigenvalue weighted by Crippen LogP contribution is -2.46. The van der Waals surface area contributed by atoms with Gasteiger partial charge in [0.25, 0.3) is 0 Å². The highest BCUT2D eigenvalue weighted by atomic mass is 35.5. The largest absolute Gasteiger partial charge is 0.383 e. The second kappa shape index (κ2) is 7.43. The summed E-state index contributed by atoms with van der Waals surface area (Å²) in [6, 6.07) is 15.2. The molecule has 0 saturated carbocycles. The minimum Gasteiger partial charge on any atom is -0.383 e.